The van der Waals surface area contributed by atoms with Crippen LogP contribution in [-0.4, -0.2) is 38.7 Å². The molecule has 40 heavy (non-hydrogen) atoms. The zero-order valence-corrected chi connectivity index (χ0v) is 22.0. The van der Waals surface area contributed by atoms with Crippen LogP contribution in [0.1, 0.15) is 22.8 Å². The molecule has 9 heteroatoms. The minimum atomic E-state index is -0.673. The van der Waals surface area contributed by atoms with Crippen molar-refractivity contribution >= 4 is 45.8 Å². The summed E-state index contributed by atoms with van der Waals surface area (Å²) < 4.78 is 1.95. The highest BCUT2D eigenvalue weighted by Gasteiger charge is 2.26. The first-order chi connectivity index (χ1) is 19.3. The molecular formula is C31H26N6O3. The maximum atomic E-state index is 13.4. The predicted octanol–water partition coefficient (Wildman–Crippen LogP) is 4.61. The Morgan fingerprint density at radius 3 is 2.33 bits per heavy atom. The van der Waals surface area contributed by atoms with Crippen LogP contribution in [0.25, 0.3) is 33.4 Å². The molecule has 0 saturated carbocycles. The first kappa shape index (κ1) is 25.0. The lowest BCUT2D eigenvalue weighted by Gasteiger charge is -2.17. The van der Waals surface area contributed by atoms with E-state index in [1.165, 1.54) is 18.8 Å². The maximum Gasteiger partial charge on any atom is 0.291 e. The monoisotopic (exact) mass is 530 g/mol. The second-order valence-corrected chi connectivity index (χ2v) is 9.74. The fraction of sp³-hybridized carbons (Fsp3) is 0.129. The molecule has 0 fully saturated rings. The van der Waals surface area contributed by atoms with Gasteiger partial charge in [-0.1, -0.05) is 42.5 Å². The van der Waals surface area contributed by atoms with Crippen LogP contribution >= 0.6 is 0 Å². The minimum absolute atomic E-state index is 0.0410. The van der Waals surface area contributed by atoms with Crippen molar-refractivity contribution < 1.29 is 14.4 Å². The van der Waals surface area contributed by atoms with Crippen molar-refractivity contribution in [3.05, 3.63) is 90.3 Å². The second-order valence-electron chi connectivity index (χ2n) is 9.74. The van der Waals surface area contributed by atoms with Crippen LogP contribution in [0.3, 0.4) is 0 Å². The molecule has 2 aromatic heterocycles. The van der Waals surface area contributed by atoms with Crippen LogP contribution in [0.15, 0.2) is 79.1 Å². The molecule has 0 aliphatic carbocycles. The molecule has 0 bridgehead atoms. The van der Waals surface area contributed by atoms with Gasteiger partial charge in [0.1, 0.15) is 17.8 Å². The highest BCUT2D eigenvalue weighted by atomic mass is 16.2. The number of aryl methyl sites for hydroxylation is 1. The first-order valence-electron chi connectivity index (χ1n) is 12.8. The summed E-state index contributed by atoms with van der Waals surface area (Å²) in [7, 11) is 1.90. The first-order valence-corrected chi connectivity index (χ1v) is 12.8. The van der Waals surface area contributed by atoms with E-state index in [9.17, 15) is 14.4 Å². The number of rotatable bonds is 5. The Bertz CT molecular complexity index is 1810. The van der Waals surface area contributed by atoms with E-state index in [-0.39, 0.29) is 5.91 Å². The molecule has 0 radical (unpaired) electrons. The SMILES string of the molecule is CC(=O)C(=O)Nc1ccc(-c2c(-c3ccc(C(=O)N4CCc5ccccc54)cc3)c3c(N)ncnc3n2C)cc1. The summed E-state index contributed by atoms with van der Waals surface area (Å²) in [4.78, 5) is 47.1. The molecule has 3 N–H and O–H groups in total. The number of benzene rings is 3. The number of ketones is 1. The number of nitrogens with two attached hydrogens (primary N) is 1. The van der Waals surface area contributed by atoms with Gasteiger partial charge in [0.15, 0.2) is 0 Å². The summed E-state index contributed by atoms with van der Waals surface area (Å²) >= 11 is 0. The molecule has 198 valence electrons. The Kier molecular flexibility index (Phi) is 6.11. The van der Waals surface area contributed by atoms with Crippen molar-refractivity contribution in [1.82, 2.24) is 14.5 Å². The van der Waals surface area contributed by atoms with E-state index in [4.69, 9.17) is 5.73 Å². The van der Waals surface area contributed by atoms with E-state index in [0.29, 0.717) is 34.6 Å². The van der Waals surface area contributed by atoms with Crippen molar-refractivity contribution in [1.29, 1.82) is 0 Å². The molecule has 5 aromatic rings. The van der Waals surface area contributed by atoms with Gasteiger partial charge in [0.25, 0.3) is 11.8 Å². The third kappa shape index (κ3) is 4.17. The van der Waals surface area contributed by atoms with E-state index >= 15 is 0 Å². The Labute approximate surface area is 230 Å². The van der Waals surface area contributed by atoms with Gasteiger partial charge in [0.2, 0.25) is 5.78 Å². The standard InChI is InChI=1S/C31H26N6O3/c1-18(38)30(39)35-23-13-11-21(12-14-23)27-25(26-28(32)33-17-34-29(26)36(27)2)20-7-9-22(10-8-20)31(40)37-16-15-19-5-3-4-6-24(19)37/h3-14,17H,15-16H2,1-2H3,(H,35,39)(H2,32,33,34). The number of fused-ring (bicyclic) bond motifs is 2. The number of hydrogen-bond acceptors (Lipinski definition) is 6. The second kappa shape index (κ2) is 9.77. The number of nitrogen functional groups attached to an aromatic ring is 1. The molecule has 3 heterocycles. The molecule has 2 amide bonds. The molecule has 1 aliphatic rings. The van der Waals surface area contributed by atoms with Gasteiger partial charge in [-0.25, -0.2) is 9.97 Å². The molecule has 0 unspecified atom stereocenters. The van der Waals surface area contributed by atoms with Crippen LogP contribution in [0.2, 0.25) is 0 Å². The largest absolute Gasteiger partial charge is 0.383 e. The van der Waals surface area contributed by atoms with Gasteiger partial charge in [0, 0.05) is 43.0 Å². The molecule has 3 aromatic carbocycles. The summed E-state index contributed by atoms with van der Waals surface area (Å²) in [6.07, 6.45) is 2.27. The highest BCUT2D eigenvalue weighted by molar-refractivity contribution is 6.39. The molecule has 9 nitrogen and oxygen atoms in total. The lowest BCUT2D eigenvalue weighted by Crippen LogP contribution is -2.28. The van der Waals surface area contributed by atoms with E-state index in [2.05, 4.69) is 21.4 Å². The van der Waals surface area contributed by atoms with Gasteiger partial charge >= 0.3 is 0 Å². The van der Waals surface area contributed by atoms with Gasteiger partial charge < -0.3 is 20.5 Å². The molecule has 1 aliphatic heterocycles. The number of nitrogens with zero attached hydrogens (tertiary/aromatic N) is 4. The minimum Gasteiger partial charge on any atom is -0.383 e. The molecule has 6 rings (SSSR count). The normalized spacial score (nSPS) is 12.4. The smallest absolute Gasteiger partial charge is 0.291 e. The number of carbonyl (C=O) groups excluding carboxylic acids is 3. The zero-order chi connectivity index (χ0) is 28.0. The van der Waals surface area contributed by atoms with Crippen LogP contribution in [0, 0.1) is 0 Å². The fourth-order valence-electron chi connectivity index (χ4n) is 5.31. The summed E-state index contributed by atoms with van der Waals surface area (Å²) in [5, 5.41) is 3.30. The zero-order valence-electron chi connectivity index (χ0n) is 22.0. The average molecular weight is 531 g/mol. The summed E-state index contributed by atoms with van der Waals surface area (Å²) in [5.74, 6) is -0.931. The highest BCUT2D eigenvalue weighted by Crippen LogP contribution is 2.42. The Morgan fingerprint density at radius 1 is 0.900 bits per heavy atom. The number of para-hydroxylation sites is 1. The number of Topliss-reactive ketones (excluding diaryl/α,β-unsaturated/α-hetero) is 1. The van der Waals surface area contributed by atoms with Crippen molar-refractivity contribution in [2.24, 2.45) is 7.05 Å². The summed E-state index contributed by atoms with van der Waals surface area (Å²) in [6.45, 7) is 1.88. The van der Waals surface area contributed by atoms with Crippen LogP contribution in [0.5, 0.6) is 0 Å². The number of aromatic nitrogens is 3. The Morgan fingerprint density at radius 2 is 1.60 bits per heavy atom. The summed E-state index contributed by atoms with van der Waals surface area (Å²) in [6, 6.07) is 22.7. The van der Waals surface area contributed by atoms with E-state index in [0.717, 1.165) is 34.5 Å². The van der Waals surface area contributed by atoms with Crippen molar-refractivity contribution in [2.75, 3.05) is 22.5 Å². The van der Waals surface area contributed by atoms with Gasteiger partial charge in [-0.05, 0) is 53.4 Å². The number of anilines is 3. The van der Waals surface area contributed by atoms with Gasteiger partial charge in [0.05, 0.1) is 11.1 Å². The van der Waals surface area contributed by atoms with E-state index in [1.54, 1.807) is 12.1 Å². The van der Waals surface area contributed by atoms with E-state index < -0.39 is 11.7 Å². The predicted molar refractivity (Wildman–Crippen MR) is 155 cm³/mol. The number of nitrogens with one attached hydrogen (secondary N) is 1. The molecule has 0 spiro atoms. The van der Waals surface area contributed by atoms with Crippen molar-refractivity contribution in [3.8, 4) is 22.4 Å². The quantitative estimate of drug-likeness (QED) is 0.320. The van der Waals surface area contributed by atoms with E-state index in [1.807, 2.05) is 71.1 Å². The lowest BCUT2D eigenvalue weighted by molar-refractivity contribution is -0.133. The number of hydrogen-bond donors (Lipinski definition) is 2. The lowest BCUT2D eigenvalue weighted by atomic mass is 9.97. The maximum absolute atomic E-state index is 13.4. The van der Waals surface area contributed by atoms with Crippen LogP contribution in [0.4, 0.5) is 17.2 Å². The number of amides is 2. The average Bonchev–Trinajstić information content (AvgIpc) is 3.53. The van der Waals surface area contributed by atoms with Gasteiger partial charge in [-0.15, -0.1) is 0 Å². The Hall–Kier alpha value is -5.31. The van der Waals surface area contributed by atoms with Crippen LogP contribution < -0.4 is 16.0 Å². The third-order valence-electron chi connectivity index (χ3n) is 7.29. The molecule has 0 saturated heterocycles. The van der Waals surface area contributed by atoms with Crippen molar-refractivity contribution in [3.63, 3.8) is 0 Å². The van der Waals surface area contributed by atoms with Gasteiger partial charge in [-0.2, -0.15) is 0 Å². The van der Waals surface area contributed by atoms with Gasteiger partial charge in [-0.3, -0.25) is 14.4 Å². The van der Waals surface area contributed by atoms with Crippen molar-refractivity contribution in [2.45, 2.75) is 13.3 Å². The fourth-order valence-corrected chi connectivity index (χ4v) is 5.31. The topological polar surface area (TPSA) is 123 Å². The molecular weight excluding hydrogens is 504 g/mol. The molecule has 0 atom stereocenters. The Balaban J connectivity index is 1.40. The number of carbonyl (C=O) groups is 3. The van der Waals surface area contributed by atoms with Crippen LogP contribution in [-0.2, 0) is 23.1 Å². The summed E-state index contributed by atoms with van der Waals surface area (Å²) in [5.41, 5.74) is 13.7. The third-order valence-corrected chi connectivity index (χ3v) is 7.29.